The van der Waals surface area contributed by atoms with Crippen LogP contribution in [0, 0.1) is 0 Å². The molecule has 0 unspecified atom stereocenters. The third kappa shape index (κ3) is 4.70. The van der Waals surface area contributed by atoms with Crippen LogP contribution in [0.4, 0.5) is 11.6 Å². The van der Waals surface area contributed by atoms with Gasteiger partial charge in [-0.2, -0.15) is 9.61 Å². The minimum atomic E-state index is 0.597. The second-order valence-electron chi connectivity index (χ2n) is 7.62. The molecule has 0 saturated carbocycles. The van der Waals surface area contributed by atoms with Gasteiger partial charge in [0.1, 0.15) is 5.82 Å². The van der Waals surface area contributed by atoms with Crippen LogP contribution < -0.4 is 16.0 Å². The summed E-state index contributed by atoms with van der Waals surface area (Å²) >= 11 is 0. The molecule has 0 amide bonds. The van der Waals surface area contributed by atoms with Gasteiger partial charge in [-0.1, -0.05) is 36.4 Å². The number of anilines is 1. The molecule has 2 aliphatic rings. The molecule has 0 spiro atoms. The van der Waals surface area contributed by atoms with Crippen molar-refractivity contribution >= 4 is 34.8 Å². The topological polar surface area (TPSA) is 93.1 Å². The van der Waals surface area contributed by atoms with E-state index in [1.807, 2.05) is 77.6 Å². The lowest BCUT2D eigenvalue weighted by atomic mass is 10.1. The van der Waals surface area contributed by atoms with Gasteiger partial charge in [0.15, 0.2) is 11.5 Å². The summed E-state index contributed by atoms with van der Waals surface area (Å²) in [5.74, 6) is 1.54. The van der Waals surface area contributed by atoms with E-state index in [1.54, 1.807) is 12.3 Å². The Morgan fingerprint density at radius 1 is 1.12 bits per heavy atom. The second kappa shape index (κ2) is 9.54. The largest absolute Gasteiger partial charge is 0.398 e. The van der Waals surface area contributed by atoms with Crippen LogP contribution in [0.1, 0.15) is 11.3 Å². The Morgan fingerprint density at radius 3 is 2.82 bits per heavy atom. The summed E-state index contributed by atoms with van der Waals surface area (Å²) in [6.07, 6.45) is 13.2. The maximum absolute atomic E-state index is 6.19. The Hall–Kier alpha value is -4.17. The van der Waals surface area contributed by atoms with E-state index in [0.717, 1.165) is 41.4 Å². The number of nitrogens with two attached hydrogens (primary N) is 1. The van der Waals surface area contributed by atoms with Crippen molar-refractivity contribution in [3.63, 3.8) is 0 Å². The minimum Gasteiger partial charge on any atom is -0.398 e. The number of aromatic nitrogens is 3. The van der Waals surface area contributed by atoms with Gasteiger partial charge in [0.2, 0.25) is 0 Å². The van der Waals surface area contributed by atoms with Crippen LogP contribution >= 0.6 is 0 Å². The summed E-state index contributed by atoms with van der Waals surface area (Å²) in [4.78, 5) is 11.6. The molecular formula is C25H25N7O. The van der Waals surface area contributed by atoms with Gasteiger partial charge in [0.05, 0.1) is 18.9 Å². The molecule has 1 fully saturated rings. The highest BCUT2D eigenvalue weighted by molar-refractivity contribution is 5.85. The quantitative estimate of drug-likeness (QED) is 0.593. The van der Waals surface area contributed by atoms with Gasteiger partial charge in [-0.15, -0.1) is 0 Å². The zero-order chi connectivity index (χ0) is 22.5. The van der Waals surface area contributed by atoms with E-state index < -0.39 is 0 Å². The fourth-order valence-electron chi connectivity index (χ4n) is 3.72. The lowest BCUT2D eigenvalue weighted by Crippen LogP contribution is -2.37. The Morgan fingerprint density at radius 2 is 1.97 bits per heavy atom. The molecule has 0 bridgehead atoms. The summed E-state index contributed by atoms with van der Waals surface area (Å²) in [5, 5.41) is 7.93. The van der Waals surface area contributed by atoms with Crippen LogP contribution in [0.25, 0.3) is 16.9 Å². The SMILES string of the molecule is NC(=CC=Nc1cc(N2CCOCC2)n2nc(C3=CC=CNC=C3)cc2n1)c1ccccc1. The number of allylic oxidation sites excluding steroid dienone is 5. The number of fused-ring (bicyclic) bond motifs is 1. The van der Waals surface area contributed by atoms with Crippen LogP contribution in [-0.2, 0) is 4.74 Å². The van der Waals surface area contributed by atoms with Gasteiger partial charge in [0.25, 0.3) is 0 Å². The number of morpholine rings is 1. The van der Waals surface area contributed by atoms with Crippen LogP contribution in [0.2, 0.25) is 0 Å². The van der Waals surface area contributed by atoms with Crippen molar-refractivity contribution in [2.75, 3.05) is 31.2 Å². The Bertz CT molecular complexity index is 1280. The van der Waals surface area contributed by atoms with Gasteiger partial charge in [-0.3, -0.25) is 0 Å². The molecule has 3 aromatic rings. The van der Waals surface area contributed by atoms with E-state index >= 15 is 0 Å². The van der Waals surface area contributed by atoms with E-state index in [9.17, 15) is 0 Å². The smallest absolute Gasteiger partial charge is 0.160 e. The summed E-state index contributed by atoms with van der Waals surface area (Å²) in [7, 11) is 0. The molecule has 5 rings (SSSR count). The summed E-state index contributed by atoms with van der Waals surface area (Å²) in [6.45, 7) is 2.93. The molecule has 8 nitrogen and oxygen atoms in total. The lowest BCUT2D eigenvalue weighted by molar-refractivity contribution is 0.122. The molecular weight excluding hydrogens is 414 g/mol. The zero-order valence-electron chi connectivity index (χ0n) is 18.1. The molecule has 3 N–H and O–H groups in total. The van der Waals surface area contributed by atoms with Gasteiger partial charge < -0.3 is 20.7 Å². The van der Waals surface area contributed by atoms with Gasteiger partial charge in [-0.05, 0) is 23.8 Å². The molecule has 4 heterocycles. The Labute approximate surface area is 192 Å². The first kappa shape index (κ1) is 20.7. The van der Waals surface area contributed by atoms with Crippen LogP contribution in [0.15, 0.2) is 84.2 Å². The number of hydrogen-bond donors (Lipinski definition) is 2. The average molecular weight is 440 g/mol. The van der Waals surface area contributed by atoms with Gasteiger partial charge in [-0.25, -0.2) is 9.98 Å². The highest BCUT2D eigenvalue weighted by Gasteiger charge is 2.18. The molecule has 0 radical (unpaired) electrons. The molecule has 2 aromatic heterocycles. The first-order valence-corrected chi connectivity index (χ1v) is 10.9. The molecule has 166 valence electrons. The first-order chi connectivity index (χ1) is 16.3. The predicted octanol–water partition coefficient (Wildman–Crippen LogP) is 3.28. The van der Waals surface area contributed by atoms with Crippen molar-refractivity contribution in [2.24, 2.45) is 10.7 Å². The molecule has 2 aliphatic heterocycles. The molecule has 1 saturated heterocycles. The van der Waals surface area contributed by atoms with E-state index in [4.69, 9.17) is 20.6 Å². The molecule has 0 atom stereocenters. The number of hydrogen-bond acceptors (Lipinski definition) is 7. The van der Waals surface area contributed by atoms with Crippen LogP contribution in [0.5, 0.6) is 0 Å². The maximum atomic E-state index is 6.19. The van der Waals surface area contributed by atoms with Crippen molar-refractivity contribution in [1.82, 2.24) is 19.9 Å². The third-order valence-electron chi connectivity index (χ3n) is 5.42. The first-order valence-electron chi connectivity index (χ1n) is 10.9. The summed E-state index contributed by atoms with van der Waals surface area (Å²) in [6, 6.07) is 13.7. The minimum absolute atomic E-state index is 0.597. The Kier molecular flexibility index (Phi) is 5.99. The second-order valence-corrected chi connectivity index (χ2v) is 7.62. The zero-order valence-corrected chi connectivity index (χ0v) is 18.1. The molecule has 1 aromatic carbocycles. The summed E-state index contributed by atoms with van der Waals surface area (Å²) < 4.78 is 7.42. The molecule has 0 aliphatic carbocycles. The monoisotopic (exact) mass is 439 g/mol. The normalized spacial score (nSPS) is 16.8. The number of benzene rings is 1. The van der Waals surface area contributed by atoms with Gasteiger partial charge in [0, 0.05) is 55.1 Å². The summed E-state index contributed by atoms with van der Waals surface area (Å²) in [5.41, 5.74) is 10.4. The van der Waals surface area contributed by atoms with Crippen molar-refractivity contribution in [3.05, 3.63) is 90.4 Å². The van der Waals surface area contributed by atoms with Gasteiger partial charge >= 0.3 is 0 Å². The molecule has 33 heavy (non-hydrogen) atoms. The number of ether oxygens (including phenoxy) is 1. The van der Waals surface area contributed by atoms with Crippen molar-refractivity contribution in [1.29, 1.82) is 0 Å². The number of rotatable bonds is 5. The van der Waals surface area contributed by atoms with Crippen LogP contribution in [-0.4, -0.2) is 47.1 Å². The van der Waals surface area contributed by atoms with E-state index in [2.05, 4.69) is 15.2 Å². The van der Waals surface area contributed by atoms with Crippen molar-refractivity contribution in [2.45, 2.75) is 0 Å². The van der Waals surface area contributed by atoms with E-state index in [1.165, 1.54) is 0 Å². The highest BCUT2D eigenvalue weighted by atomic mass is 16.5. The third-order valence-corrected chi connectivity index (χ3v) is 5.42. The van der Waals surface area contributed by atoms with Crippen LogP contribution in [0.3, 0.4) is 0 Å². The molecule has 8 heteroatoms. The highest BCUT2D eigenvalue weighted by Crippen LogP contribution is 2.26. The Balaban J connectivity index is 1.52. The predicted molar refractivity (Wildman–Crippen MR) is 132 cm³/mol. The van der Waals surface area contributed by atoms with E-state index in [0.29, 0.717) is 24.7 Å². The standard InChI is InChI=1S/C25H25N7O/c26-21(19-5-2-1-3-6-19)9-12-28-23-18-25(31-13-15-33-16-14-31)32-24(29-23)17-22(30-32)20-7-4-10-27-11-8-20/h1-12,17-18,27H,13-16,26H2. The van der Waals surface area contributed by atoms with Crippen molar-refractivity contribution in [3.8, 4) is 0 Å². The number of nitrogens with one attached hydrogen (secondary N) is 1. The lowest BCUT2D eigenvalue weighted by Gasteiger charge is -2.28. The fourth-order valence-corrected chi connectivity index (χ4v) is 3.72. The maximum Gasteiger partial charge on any atom is 0.160 e. The van der Waals surface area contributed by atoms with E-state index in [-0.39, 0.29) is 0 Å². The fraction of sp³-hybridized carbons (Fsp3) is 0.160. The average Bonchev–Trinajstić information content (AvgIpc) is 3.10. The number of aliphatic imine (C=N–C) groups is 1. The number of nitrogens with zero attached hydrogens (tertiary/aromatic N) is 5. The van der Waals surface area contributed by atoms with Crippen molar-refractivity contribution < 1.29 is 4.74 Å².